The van der Waals surface area contributed by atoms with Crippen molar-refractivity contribution in [3.05, 3.63) is 83.6 Å². The van der Waals surface area contributed by atoms with Crippen molar-refractivity contribution in [1.29, 1.82) is 0 Å². The molecule has 8 heteroatoms. The normalized spacial score (nSPS) is 11.8. The Labute approximate surface area is 216 Å². The van der Waals surface area contributed by atoms with Crippen LogP contribution < -0.4 is 19.5 Å². The second-order valence-corrected chi connectivity index (χ2v) is 8.81. The second-order valence-electron chi connectivity index (χ2n) is 8.38. The molecule has 1 atom stereocenters. The van der Waals surface area contributed by atoms with Crippen LogP contribution in [-0.4, -0.2) is 35.8 Å². The average molecular weight is 508 g/mol. The van der Waals surface area contributed by atoms with Gasteiger partial charge in [-0.3, -0.25) is 4.79 Å². The van der Waals surface area contributed by atoms with Crippen molar-refractivity contribution >= 4 is 28.5 Å². The van der Waals surface area contributed by atoms with Gasteiger partial charge in [0.05, 0.1) is 30.8 Å². The fraction of sp³-hybridized carbons (Fsp3) is 0.286. The summed E-state index contributed by atoms with van der Waals surface area (Å²) in [6, 6.07) is 22.2. The SMILES string of the molecule is COc1cccc(OCCCCn2c(C(C)NC(=O)COc3ccc(Cl)cc3)nc3ccccc32)c1. The van der Waals surface area contributed by atoms with Gasteiger partial charge in [0.1, 0.15) is 23.1 Å². The number of unbranched alkanes of at least 4 members (excludes halogenated alkanes) is 1. The lowest BCUT2D eigenvalue weighted by atomic mass is 10.2. The summed E-state index contributed by atoms with van der Waals surface area (Å²) in [6.45, 7) is 3.21. The molecule has 4 aromatic rings. The summed E-state index contributed by atoms with van der Waals surface area (Å²) in [5, 5.41) is 3.62. The van der Waals surface area contributed by atoms with E-state index in [1.165, 1.54) is 0 Å². The van der Waals surface area contributed by atoms with E-state index in [2.05, 4.69) is 16.0 Å². The molecule has 3 aromatic carbocycles. The van der Waals surface area contributed by atoms with Gasteiger partial charge in [-0.25, -0.2) is 4.98 Å². The number of benzene rings is 3. The number of hydrogen-bond acceptors (Lipinski definition) is 5. The Hall–Kier alpha value is -3.71. The van der Waals surface area contributed by atoms with Gasteiger partial charge in [0, 0.05) is 17.6 Å². The first-order valence-corrected chi connectivity index (χ1v) is 12.3. The van der Waals surface area contributed by atoms with Gasteiger partial charge in [-0.2, -0.15) is 0 Å². The minimum absolute atomic E-state index is 0.0895. The molecule has 7 nitrogen and oxygen atoms in total. The van der Waals surface area contributed by atoms with Crippen LogP contribution in [0.5, 0.6) is 17.2 Å². The van der Waals surface area contributed by atoms with E-state index < -0.39 is 0 Å². The van der Waals surface area contributed by atoms with Gasteiger partial charge in [0.2, 0.25) is 0 Å². The van der Waals surface area contributed by atoms with Crippen LogP contribution in [0, 0.1) is 0 Å². The van der Waals surface area contributed by atoms with Crippen LogP contribution in [0.2, 0.25) is 5.02 Å². The molecule has 1 unspecified atom stereocenters. The van der Waals surface area contributed by atoms with E-state index in [0.29, 0.717) is 17.4 Å². The summed E-state index contributed by atoms with van der Waals surface area (Å²) in [7, 11) is 1.64. The second kappa shape index (κ2) is 12.3. The number of carbonyl (C=O) groups excluding carboxylic acids is 1. The Morgan fingerprint density at radius 3 is 2.56 bits per heavy atom. The van der Waals surface area contributed by atoms with Gasteiger partial charge >= 0.3 is 0 Å². The van der Waals surface area contributed by atoms with Crippen LogP contribution in [0.15, 0.2) is 72.8 Å². The Bertz CT molecular complexity index is 1290. The molecule has 0 saturated carbocycles. The fourth-order valence-corrected chi connectivity index (χ4v) is 4.07. The topological polar surface area (TPSA) is 74.6 Å². The van der Waals surface area contributed by atoms with Crippen LogP contribution in [0.3, 0.4) is 0 Å². The van der Waals surface area contributed by atoms with Crippen molar-refractivity contribution in [1.82, 2.24) is 14.9 Å². The minimum Gasteiger partial charge on any atom is -0.497 e. The molecule has 0 aliphatic heterocycles. The maximum atomic E-state index is 12.5. The van der Waals surface area contributed by atoms with Crippen molar-refractivity contribution in [3.63, 3.8) is 0 Å². The van der Waals surface area contributed by atoms with Crippen LogP contribution in [0.1, 0.15) is 31.6 Å². The first-order valence-electron chi connectivity index (χ1n) is 11.9. The Morgan fingerprint density at radius 1 is 0.972 bits per heavy atom. The molecule has 0 aliphatic rings. The predicted molar refractivity (Wildman–Crippen MR) is 141 cm³/mol. The molecule has 0 aliphatic carbocycles. The fourth-order valence-electron chi connectivity index (χ4n) is 3.94. The summed E-state index contributed by atoms with van der Waals surface area (Å²) in [4.78, 5) is 17.4. The third-order valence-electron chi connectivity index (χ3n) is 5.72. The maximum Gasteiger partial charge on any atom is 0.258 e. The number of aromatic nitrogens is 2. The molecular weight excluding hydrogens is 478 g/mol. The summed E-state index contributed by atoms with van der Waals surface area (Å²) in [5.74, 6) is 2.75. The third-order valence-corrected chi connectivity index (χ3v) is 5.97. The highest BCUT2D eigenvalue weighted by Gasteiger charge is 2.18. The molecule has 188 valence electrons. The van der Waals surface area contributed by atoms with Crippen molar-refractivity contribution in [2.75, 3.05) is 20.3 Å². The zero-order chi connectivity index (χ0) is 25.3. The number of nitrogens with zero attached hydrogens (tertiary/aromatic N) is 2. The van der Waals surface area contributed by atoms with E-state index >= 15 is 0 Å². The smallest absolute Gasteiger partial charge is 0.258 e. The highest BCUT2D eigenvalue weighted by atomic mass is 35.5. The number of fused-ring (bicyclic) bond motifs is 1. The van der Waals surface area contributed by atoms with Crippen molar-refractivity contribution in [2.45, 2.75) is 32.4 Å². The van der Waals surface area contributed by atoms with Crippen LogP contribution in [0.25, 0.3) is 11.0 Å². The van der Waals surface area contributed by atoms with E-state index in [1.807, 2.05) is 49.4 Å². The first kappa shape index (κ1) is 25.4. The lowest BCUT2D eigenvalue weighted by molar-refractivity contribution is -0.123. The van der Waals surface area contributed by atoms with Gasteiger partial charge in [-0.1, -0.05) is 29.8 Å². The molecule has 0 fully saturated rings. The Morgan fingerprint density at radius 2 is 1.75 bits per heavy atom. The number of ether oxygens (including phenoxy) is 3. The van der Waals surface area contributed by atoms with Gasteiger partial charge in [0.25, 0.3) is 5.91 Å². The van der Waals surface area contributed by atoms with Gasteiger partial charge in [-0.05, 0) is 68.3 Å². The number of imidazole rings is 1. The molecule has 1 aromatic heterocycles. The molecule has 4 rings (SSSR count). The number of rotatable bonds is 12. The predicted octanol–water partition coefficient (Wildman–Crippen LogP) is 5.81. The number of amides is 1. The largest absolute Gasteiger partial charge is 0.497 e. The van der Waals surface area contributed by atoms with E-state index in [0.717, 1.165) is 47.7 Å². The molecule has 36 heavy (non-hydrogen) atoms. The Balaban J connectivity index is 1.34. The zero-order valence-corrected chi connectivity index (χ0v) is 21.2. The number of halogens is 1. The highest BCUT2D eigenvalue weighted by molar-refractivity contribution is 6.30. The van der Waals surface area contributed by atoms with Crippen molar-refractivity contribution in [2.24, 2.45) is 0 Å². The number of hydrogen-bond donors (Lipinski definition) is 1. The van der Waals surface area contributed by atoms with E-state index in [1.54, 1.807) is 31.4 Å². The maximum absolute atomic E-state index is 12.5. The average Bonchev–Trinajstić information content (AvgIpc) is 3.27. The zero-order valence-electron chi connectivity index (χ0n) is 20.4. The van der Waals surface area contributed by atoms with Gasteiger partial charge in [-0.15, -0.1) is 0 Å². The van der Waals surface area contributed by atoms with E-state index in [-0.39, 0.29) is 18.6 Å². The van der Waals surface area contributed by atoms with Crippen LogP contribution in [0.4, 0.5) is 0 Å². The molecule has 0 radical (unpaired) electrons. The summed E-state index contributed by atoms with van der Waals surface area (Å²) < 4.78 is 18.9. The number of carbonyl (C=O) groups is 1. The molecule has 0 saturated heterocycles. The van der Waals surface area contributed by atoms with Gasteiger partial charge < -0.3 is 24.1 Å². The number of aryl methyl sites for hydroxylation is 1. The molecule has 1 heterocycles. The van der Waals surface area contributed by atoms with E-state index in [4.69, 9.17) is 30.8 Å². The molecule has 1 amide bonds. The Kier molecular flexibility index (Phi) is 8.68. The quantitative estimate of drug-likeness (QED) is 0.245. The standard InChI is InChI=1S/C28H30ClN3O4/c1-20(30-27(33)19-36-22-14-12-21(29)13-15-22)28-31-25-10-3-4-11-26(25)32(28)16-5-6-17-35-24-9-7-8-23(18-24)34-2/h3-4,7-15,18,20H,5-6,16-17,19H2,1-2H3,(H,30,33). The number of methoxy groups -OCH3 is 1. The summed E-state index contributed by atoms with van der Waals surface area (Å²) in [5.41, 5.74) is 1.94. The molecule has 0 spiro atoms. The molecule has 1 N–H and O–H groups in total. The lowest BCUT2D eigenvalue weighted by Gasteiger charge is -2.17. The number of para-hydroxylation sites is 2. The van der Waals surface area contributed by atoms with Crippen LogP contribution in [-0.2, 0) is 11.3 Å². The first-order chi connectivity index (χ1) is 17.5. The summed E-state index contributed by atoms with van der Waals surface area (Å²) in [6.07, 6.45) is 1.77. The van der Waals surface area contributed by atoms with E-state index in [9.17, 15) is 4.79 Å². The van der Waals surface area contributed by atoms with Crippen LogP contribution >= 0.6 is 11.6 Å². The van der Waals surface area contributed by atoms with Gasteiger partial charge in [0.15, 0.2) is 6.61 Å². The monoisotopic (exact) mass is 507 g/mol. The number of nitrogens with one attached hydrogen (secondary N) is 1. The third kappa shape index (κ3) is 6.70. The lowest BCUT2D eigenvalue weighted by Crippen LogP contribution is -2.32. The molecule has 0 bridgehead atoms. The minimum atomic E-state index is -0.285. The highest BCUT2D eigenvalue weighted by Crippen LogP contribution is 2.23. The van der Waals surface area contributed by atoms with Crippen molar-refractivity contribution < 1.29 is 19.0 Å². The van der Waals surface area contributed by atoms with Crippen molar-refractivity contribution in [3.8, 4) is 17.2 Å². The summed E-state index contributed by atoms with van der Waals surface area (Å²) >= 11 is 5.90. The molecular formula is C28H30ClN3O4.